The van der Waals surface area contributed by atoms with E-state index in [1.807, 2.05) is 30.3 Å². The first-order valence-corrected chi connectivity index (χ1v) is 5.67. The summed E-state index contributed by atoms with van der Waals surface area (Å²) in [7, 11) is 0. The molecule has 1 aliphatic heterocycles. The summed E-state index contributed by atoms with van der Waals surface area (Å²) in [4.78, 5) is 12.2. The number of cyclic esters (lactones) is 1. The molecule has 2 rings (SSSR count). The van der Waals surface area contributed by atoms with Crippen LogP contribution in [0.2, 0.25) is 0 Å². The molecule has 3 nitrogen and oxygen atoms in total. The van der Waals surface area contributed by atoms with Gasteiger partial charge in [0.1, 0.15) is 0 Å². The average molecular weight is 224 g/mol. The first kappa shape index (κ1) is 10.5. The van der Waals surface area contributed by atoms with Crippen LogP contribution in [0.25, 0.3) is 0 Å². The third-order valence-electron chi connectivity index (χ3n) is 2.40. The molecule has 1 aromatic carbocycles. The molecule has 0 spiro atoms. The second kappa shape index (κ2) is 4.24. The van der Waals surface area contributed by atoms with Gasteiger partial charge >= 0.3 is 5.97 Å². The van der Waals surface area contributed by atoms with Crippen molar-refractivity contribution in [2.45, 2.75) is 23.4 Å². The number of aliphatic hydroxyl groups is 1. The third kappa shape index (κ3) is 2.16. The van der Waals surface area contributed by atoms with Crippen LogP contribution in [-0.2, 0) is 9.53 Å². The summed E-state index contributed by atoms with van der Waals surface area (Å²) in [6.45, 7) is 1.78. The second-order valence-corrected chi connectivity index (χ2v) is 4.76. The van der Waals surface area contributed by atoms with E-state index in [1.54, 1.807) is 6.92 Å². The van der Waals surface area contributed by atoms with E-state index >= 15 is 0 Å². The summed E-state index contributed by atoms with van der Waals surface area (Å²) in [6.07, 6.45) is -0.988. The molecule has 1 aromatic rings. The lowest BCUT2D eigenvalue weighted by molar-refractivity contribution is -0.154. The molecule has 80 valence electrons. The number of rotatable bonds is 2. The van der Waals surface area contributed by atoms with Crippen molar-refractivity contribution < 1.29 is 14.6 Å². The molecule has 0 aromatic heterocycles. The van der Waals surface area contributed by atoms with Gasteiger partial charge in [-0.05, 0) is 12.1 Å². The molecule has 3 atom stereocenters. The van der Waals surface area contributed by atoms with Gasteiger partial charge in [-0.3, -0.25) is 4.79 Å². The van der Waals surface area contributed by atoms with Crippen LogP contribution in [0, 0.1) is 5.92 Å². The summed E-state index contributed by atoms with van der Waals surface area (Å²) in [5.41, 5.74) is 0. The smallest absolute Gasteiger partial charge is 0.312 e. The van der Waals surface area contributed by atoms with Gasteiger partial charge in [-0.1, -0.05) is 25.1 Å². The molecular formula is C11H12O3S. The maximum atomic E-state index is 11.2. The van der Waals surface area contributed by atoms with Crippen LogP contribution in [-0.4, -0.2) is 22.6 Å². The monoisotopic (exact) mass is 224 g/mol. The predicted molar refractivity (Wildman–Crippen MR) is 57.3 cm³/mol. The van der Waals surface area contributed by atoms with Crippen LogP contribution < -0.4 is 0 Å². The number of benzene rings is 1. The highest BCUT2D eigenvalue weighted by atomic mass is 32.2. The van der Waals surface area contributed by atoms with Gasteiger partial charge in [-0.25, -0.2) is 0 Å². The highest BCUT2D eigenvalue weighted by molar-refractivity contribution is 8.00. The fraction of sp³-hybridized carbons (Fsp3) is 0.364. The zero-order valence-electron chi connectivity index (χ0n) is 8.29. The zero-order chi connectivity index (χ0) is 10.8. The molecule has 0 amide bonds. The Morgan fingerprint density at radius 3 is 2.53 bits per heavy atom. The lowest BCUT2D eigenvalue weighted by Crippen LogP contribution is -2.21. The molecule has 0 saturated carbocycles. The Labute approximate surface area is 92.4 Å². The maximum absolute atomic E-state index is 11.2. The van der Waals surface area contributed by atoms with Crippen LogP contribution in [0.15, 0.2) is 35.2 Å². The molecule has 1 saturated heterocycles. The van der Waals surface area contributed by atoms with E-state index in [0.717, 1.165) is 4.90 Å². The number of ether oxygens (including phenoxy) is 1. The number of carbonyl (C=O) groups is 1. The number of thioether (sulfide) groups is 1. The topological polar surface area (TPSA) is 46.5 Å². The van der Waals surface area contributed by atoms with Crippen molar-refractivity contribution in [1.29, 1.82) is 0 Å². The predicted octanol–water partition coefficient (Wildman–Crippen LogP) is 1.66. The number of hydrogen-bond acceptors (Lipinski definition) is 4. The maximum Gasteiger partial charge on any atom is 0.312 e. The number of esters is 1. The van der Waals surface area contributed by atoms with Gasteiger partial charge in [-0.2, -0.15) is 0 Å². The van der Waals surface area contributed by atoms with E-state index in [4.69, 9.17) is 4.74 Å². The Kier molecular flexibility index (Phi) is 2.98. The average Bonchev–Trinajstić information content (AvgIpc) is 2.47. The van der Waals surface area contributed by atoms with Gasteiger partial charge in [0.15, 0.2) is 0 Å². The fourth-order valence-corrected chi connectivity index (χ4v) is 2.61. The standard InChI is InChI=1S/C11H12O3S/c1-7-9(11(13)14-10(7)12)15-8-5-3-2-4-6-8/h2-7,9,11,13H,1H3/t7-,9-,11+/m0/s1. The van der Waals surface area contributed by atoms with Crippen molar-refractivity contribution in [2.24, 2.45) is 5.92 Å². The fourth-order valence-electron chi connectivity index (χ4n) is 1.49. The van der Waals surface area contributed by atoms with E-state index < -0.39 is 6.29 Å². The van der Waals surface area contributed by atoms with Gasteiger partial charge in [0.2, 0.25) is 6.29 Å². The van der Waals surface area contributed by atoms with Gasteiger partial charge in [-0.15, -0.1) is 11.8 Å². The molecule has 1 aliphatic rings. The van der Waals surface area contributed by atoms with Gasteiger partial charge in [0, 0.05) is 4.90 Å². The normalized spacial score (nSPS) is 30.3. The second-order valence-electron chi connectivity index (χ2n) is 3.51. The van der Waals surface area contributed by atoms with E-state index in [0.29, 0.717) is 0 Å². The Morgan fingerprint density at radius 2 is 2.00 bits per heavy atom. The minimum atomic E-state index is -0.988. The van der Waals surface area contributed by atoms with E-state index in [2.05, 4.69) is 0 Å². The summed E-state index contributed by atoms with van der Waals surface area (Å²) in [6, 6.07) is 9.69. The highest BCUT2D eigenvalue weighted by Gasteiger charge is 2.41. The first-order valence-electron chi connectivity index (χ1n) is 4.79. The minimum absolute atomic E-state index is 0.208. The zero-order valence-corrected chi connectivity index (χ0v) is 9.11. The first-order chi connectivity index (χ1) is 7.18. The Bertz CT molecular complexity index is 352. The Balaban J connectivity index is 2.09. The molecule has 0 bridgehead atoms. The van der Waals surface area contributed by atoms with Crippen molar-refractivity contribution in [3.8, 4) is 0 Å². The number of carbonyl (C=O) groups excluding carboxylic acids is 1. The van der Waals surface area contributed by atoms with Crippen molar-refractivity contribution in [3.05, 3.63) is 30.3 Å². The Hall–Kier alpha value is -1.00. The lowest BCUT2D eigenvalue weighted by Gasteiger charge is -2.13. The molecular weight excluding hydrogens is 212 g/mol. The summed E-state index contributed by atoms with van der Waals surface area (Å²) in [5.74, 6) is -0.582. The van der Waals surface area contributed by atoms with E-state index in [-0.39, 0.29) is 17.1 Å². The molecule has 4 heteroatoms. The SMILES string of the molecule is C[C@@H]1C(=O)O[C@@H](O)[C@H]1Sc1ccccc1. The van der Waals surface area contributed by atoms with Gasteiger partial charge in [0.05, 0.1) is 11.2 Å². The largest absolute Gasteiger partial charge is 0.434 e. The van der Waals surface area contributed by atoms with E-state index in [9.17, 15) is 9.90 Å². The molecule has 0 unspecified atom stereocenters. The van der Waals surface area contributed by atoms with Crippen LogP contribution >= 0.6 is 11.8 Å². The minimum Gasteiger partial charge on any atom is -0.434 e. The van der Waals surface area contributed by atoms with Gasteiger partial charge in [0.25, 0.3) is 0 Å². The van der Waals surface area contributed by atoms with Crippen LogP contribution in [0.3, 0.4) is 0 Å². The van der Waals surface area contributed by atoms with Crippen molar-refractivity contribution in [3.63, 3.8) is 0 Å². The summed E-state index contributed by atoms with van der Waals surface area (Å²) >= 11 is 1.48. The molecule has 1 fully saturated rings. The highest BCUT2D eigenvalue weighted by Crippen LogP contribution is 2.35. The Morgan fingerprint density at radius 1 is 1.33 bits per heavy atom. The van der Waals surface area contributed by atoms with Crippen molar-refractivity contribution >= 4 is 17.7 Å². The quantitative estimate of drug-likeness (QED) is 0.776. The number of hydrogen-bond donors (Lipinski definition) is 1. The molecule has 0 radical (unpaired) electrons. The van der Waals surface area contributed by atoms with Crippen LogP contribution in [0.1, 0.15) is 6.92 Å². The molecule has 0 aliphatic carbocycles. The van der Waals surface area contributed by atoms with Crippen LogP contribution in [0.5, 0.6) is 0 Å². The van der Waals surface area contributed by atoms with Crippen molar-refractivity contribution in [2.75, 3.05) is 0 Å². The van der Waals surface area contributed by atoms with Crippen molar-refractivity contribution in [1.82, 2.24) is 0 Å². The summed E-state index contributed by atoms with van der Waals surface area (Å²) < 4.78 is 4.75. The van der Waals surface area contributed by atoms with Gasteiger partial charge < -0.3 is 9.84 Å². The molecule has 1 heterocycles. The van der Waals surface area contributed by atoms with E-state index in [1.165, 1.54) is 11.8 Å². The molecule has 15 heavy (non-hydrogen) atoms. The third-order valence-corrected chi connectivity index (χ3v) is 3.86. The van der Waals surface area contributed by atoms with Crippen LogP contribution in [0.4, 0.5) is 0 Å². The summed E-state index contributed by atoms with van der Waals surface area (Å²) in [5, 5.41) is 9.32. The molecule has 1 N–H and O–H groups in total. The lowest BCUT2D eigenvalue weighted by atomic mass is 10.1. The number of aliphatic hydroxyl groups excluding tert-OH is 1.